The summed E-state index contributed by atoms with van der Waals surface area (Å²) >= 11 is 6.30. The van der Waals surface area contributed by atoms with Crippen LogP contribution in [0.15, 0.2) is 40.9 Å². The van der Waals surface area contributed by atoms with Crippen molar-refractivity contribution in [1.29, 1.82) is 0 Å². The molecule has 0 bridgehead atoms. The zero-order valence-corrected chi connectivity index (χ0v) is 12.3. The van der Waals surface area contributed by atoms with Gasteiger partial charge in [-0.2, -0.15) is 0 Å². The first-order valence-corrected chi connectivity index (χ1v) is 6.99. The molecule has 0 aromatic heterocycles. The van der Waals surface area contributed by atoms with Gasteiger partial charge in [0, 0.05) is 17.0 Å². The smallest absolute Gasteiger partial charge is 0.167 e. The first-order chi connectivity index (χ1) is 8.61. The van der Waals surface area contributed by atoms with Gasteiger partial charge < -0.3 is 4.74 Å². The summed E-state index contributed by atoms with van der Waals surface area (Å²) in [6.07, 6.45) is 0. The van der Waals surface area contributed by atoms with Crippen LogP contribution in [-0.2, 0) is 5.33 Å². The van der Waals surface area contributed by atoms with Gasteiger partial charge in [-0.05, 0) is 34.1 Å². The van der Waals surface area contributed by atoms with E-state index in [-0.39, 0.29) is 11.5 Å². The van der Waals surface area contributed by atoms with Crippen molar-refractivity contribution in [3.05, 3.63) is 58.1 Å². The van der Waals surface area contributed by atoms with Crippen LogP contribution in [-0.4, -0.2) is 0 Å². The van der Waals surface area contributed by atoms with Crippen LogP contribution in [0.1, 0.15) is 5.56 Å². The Morgan fingerprint density at radius 2 is 1.83 bits per heavy atom. The monoisotopic (exact) mass is 376 g/mol. The Morgan fingerprint density at radius 1 is 1.06 bits per heavy atom. The largest absolute Gasteiger partial charge is 0.454 e. The molecule has 0 fully saturated rings. The highest BCUT2D eigenvalue weighted by atomic mass is 79.9. The van der Waals surface area contributed by atoms with Gasteiger partial charge in [0.25, 0.3) is 0 Å². The molecule has 0 aliphatic rings. The molecule has 94 valence electrons. The summed E-state index contributed by atoms with van der Waals surface area (Å²) in [6, 6.07) is 8.92. The SMILES string of the molecule is Fc1cc(Oc2c(F)cccc2CBr)ccc1Br. The summed E-state index contributed by atoms with van der Waals surface area (Å²) in [5.41, 5.74) is 0.665. The summed E-state index contributed by atoms with van der Waals surface area (Å²) < 4.78 is 32.7. The number of hydrogen-bond acceptors (Lipinski definition) is 1. The second kappa shape index (κ2) is 5.80. The van der Waals surface area contributed by atoms with E-state index in [1.165, 1.54) is 18.2 Å². The number of rotatable bonds is 3. The number of ether oxygens (including phenoxy) is 1. The van der Waals surface area contributed by atoms with E-state index in [0.29, 0.717) is 15.4 Å². The maximum atomic E-state index is 13.7. The van der Waals surface area contributed by atoms with E-state index in [2.05, 4.69) is 31.9 Å². The quantitative estimate of drug-likeness (QED) is 0.649. The standard InChI is InChI=1S/C13H8Br2F2O/c14-7-8-2-1-3-11(16)13(8)18-9-4-5-10(15)12(17)6-9/h1-6H,7H2. The molecule has 5 heteroatoms. The van der Waals surface area contributed by atoms with E-state index in [0.717, 1.165) is 0 Å². The average Bonchev–Trinajstić information content (AvgIpc) is 2.36. The third-order valence-electron chi connectivity index (χ3n) is 2.30. The molecule has 0 radical (unpaired) electrons. The summed E-state index contributed by atoms with van der Waals surface area (Å²) in [6.45, 7) is 0. The van der Waals surface area contributed by atoms with Gasteiger partial charge in [-0.15, -0.1) is 0 Å². The van der Waals surface area contributed by atoms with Gasteiger partial charge in [-0.3, -0.25) is 0 Å². The lowest BCUT2D eigenvalue weighted by atomic mass is 10.2. The van der Waals surface area contributed by atoms with Gasteiger partial charge in [0.05, 0.1) is 4.47 Å². The predicted molar refractivity (Wildman–Crippen MR) is 73.2 cm³/mol. The van der Waals surface area contributed by atoms with Crippen molar-refractivity contribution < 1.29 is 13.5 Å². The zero-order chi connectivity index (χ0) is 13.1. The lowest BCUT2D eigenvalue weighted by molar-refractivity contribution is 0.434. The summed E-state index contributed by atoms with van der Waals surface area (Å²) in [4.78, 5) is 0. The first kappa shape index (κ1) is 13.5. The molecule has 0 unspecified atom stereocenters. The van der Waals surface area contributed by atoms with E-state index >= 15 is 0 Å². The van der Waals surface area contributed by atoms with Gasteiger partial charge in [0.1, 0.15) is 11.6 Å². The fourth-order valence-electron chi connectivity index (χ4n) is 1.43. The van der Waals surface area contributed by atoms with Crippen LogP contribution in [0.5, 0.6) is 11.5 Å². The molecular weight excluding hydrogens is 370 g/mol. The van der Waals surface area contributed by atoms with Crippen molar-refractivity contribution in [2.75, 3.05) is 0 Å². The van der Waals surface area contributed by atoms with Crippen molar-refractivity contribution in [1.82, 2.24) is 0 Å². The maximum Gasteiger partial charge on any atom is 0.167 e. The van der Waals surface area contributed by atoms with Crippen molar-refractivity contribution in [3.63, 3.8) is 0 Å². The van der Waals surface area contributed by atoms with Gasteiger partial charge >= 0.3 is 0 Å². The normalized spacial score (nSPS) is 10.4. The second-order valence-electron chi connectivity index (χ2n) is 3.54. The van der Waals surface area contributed by atoms with Crippen molar-refractivity contribution in [2.45, 2.75) is 5.33 Å². The number of halogens is 4. The van der Waals surface area contributed by atoms with Crippen molar-refractivity contribution in [2.24, 2.45) is 0 Å². The van der Waals surface area contributed by atoms with E-state index in [1.807, 2.05) is 0 Å². The van der Waals surface area contributed by atoms with Gasteiger partial charge in [0.2, 0.25) is 0 Å². The molecule has 0 spiro atoms. The summed E-state index contributed by atoms with van der Waals surface area (Å²) in [5, 5.41) is 0.457. The highest BCUT2D eigenvalue weighted by Gasteiger charge is 2.11. The van der Waals surface area contributed by atoms with Crippen LogP contribution in [0.3, 0.4) is 0 Å². The number of benzene rings is 2. The lowest BCUT2D eigenvalue weighted by Gasteiger charge is -2.10. The Balaban J connectivity index is 2.36. The highest BCUT2D eigenvalue weighted by Crippen LogP contribution is 2.31. The van der Waals surface area contributed by atoms with Gasteiger partial charge in [-0.1, -0.05) is 28.1 Å². The highest BCUT2D eigenvalue weighted by molar-refractivity contribution is 9.10. The van der Waals surface area contributed by atoms with Crippen LogP contribution in [0.4, 0.5) is 8.78 Å². The molecule has 0 saturated heterocycles. The van der Waals surface area contributed by atoms with E-state index in [4.69, 9.17) is 4.74 Å². The van der Waals surface area contributed by atoms with Crippen molar-refractivity contribution >= 4 is 31.9 Å². The molecule has 0 atom stereocenters. The molecule has 0 amide bonds. The minimum absolute atomic E-state index is 0.107. The van der Waals surface area contributed by atoms with Crippen LogP contribution in [0.2, 0.25) is 0 Å². The summed E-state index contributed by atoms with van der Waals surface area (Å²) in [5.74, 6) is -0.571. The van der Waals surface area contributed by atoms with Crippen LogP contribution < -0.4 is 4.74 Å². The zero-order valence-electron chi connectivity index (χ0n) is 9.09. The Kier molecular flexibility index (Phi) is 4.35. The molecule has 1 nitrogen and oxygen atoms in total. The molecule has 0 N–H and O–H groups in total. The lowest BCUT2D eigenvalue weighted by Crippen LogP contribution is -1.93. The van der Waals surface area contributed by atoms with Crippen molar-refractivity contribution in [3.8, 4) is 11.5 Å². The Morgan fingerprint density at radius 3 is 2.50 bits per heavy atom. The minimum atomic E-state index is -0.477. The van der Waals surface area contributed by atoms with Crippen LogP contribution in [0.25, 0.3) is 0 Å². The molecule has 0 heterocycles. The molecule has 2 rings (SSSR count). The molecule has 2 aromatic carbocycles. The summed E-state index contributed by atoms with van der Waals surface area (Å²) in [7, 11) is 0. The molecule has 18 heavy (non-hydrogen) atoms. The number of para-hydroxylation sites is 1. The molecule has 0 aliphatic heterocycles. The number of alkyl halides is 1. The number of hydrogen-bond donors (Lipinski definition) is 0. The first-order valence-electron chi connectivity index (χ1n) is 5.08. The van der Waals surface area contributed by atoms with E-state index < -0.39 is 11.6 Å². The Bertz CT molecular complexity index is 573. The van der Waals surface area contributed by atoms with Gasteiger partial charge in [0.15, 0.2) is 11.6 Å². The van der Waals surface area contributed by atoms with Crippen LogP contribution in [0, 0.1) is 11.6 Å². The molecule has 0 saturated carbocycles. The van der Waals surface area contributed by atoms with E-state index in [9.17, 15) is 8.78 Å². The fourth-order valence-corrected chi connectivity index (χ4v) is 2.12. The predicted octanol–water partition coefficient (Wildman–Crippen LogP) is 5.41. The third kappa shape index (κ3) is 2.90. The molecular formula is C13H8Br2F2O. The van der Waals surface area contributed by atoms with Gasteiger partial charge in [-0.25, -0.2) is 8.78 Å². The Hall–Kier alpha value is -0.940. The molecule has 2 aromatic rings. The Labute approximate surface area is 120 Å². The fraction of sp³-hybridized carbons (Fsp3) is 0.0769. The van der Waals surface area contributed by atoms with E-state index in [1.54, 1.807) is 18.2 Å². The molecule has 0 aliphatic carbocycles. The average molecular weight is 378 g/mol. The minimum Gasteiger partial charge on any atom is -0.454 e. The topological polar surface area (TPSA) is 9.23 Å². The maximum absolute atomic E-state index is 13.7. The third-order valence-corrected chi connectivity index (χ3v) is 3.55. The van der Waals surface area contributed by atoms with Crippen LogP contribution >= 0.6 is 31.9 Å². The second-order valence-corrected chi connectivity index (χ2v) is 4.95.